The van der Waals surface area contributed by atoms with Crippen LogP contribution in [0.3, 0.4) is 0 Å². The molecule has 0 aromatic carbocycles. The molecule has 0 spiro atoms. The summed E-state index contributed by atoms with van der Waals surface area (Å²) < 4.78 is 1.66. The molecule has 0 bridgehead atoms. The van der Waals surface area contributed by atoms with Crippen LogP contribution in [-0.2, 0) is 6.54 Å². The zero-order valence-corrected chi connectivity index (χ0v) is 7.44. The fourth-order valence-corrected chi connectivity index (χ4v) is 1.43. The zero-order chi connectivity index (χ0) is 9.10. The summed E-state index contributed by atoms with van der Waals surface area (Å²) in [7, 11) is 0. The standard InChI is InChI=1S/C9H13N3O/c13-9-11-3-1-4-12(9)5-2-8-6-10-7-8/h1,3-4,8,10H,2,5-7H2. The first kappa shape index (κ1) is 8.44. The molecule has 1 aromatic rings. The normalized spacial score (nSPS) is 16.9. The van der Waals surface area contributed by atoms with Crippen LogP contribution < -0.4 is 11.0 Å². The van der Waals surface area contributed by atoms with Gasteiger partial charge in [-0.1, -0.05) is 0 Å². The van der Waals surface area contributed by atoms with E-state index < -0.39 is 0 Å². The Balaban J connectivity index is 1.93. The summed E-state index contributed by atoms with van der Waals surface area (Å²) in [4.78, 5) is 14.9. The Labute approximate surface area is 76.6 Å². The van der Waals surface area contributed by atoms with Crippen molar-refractivity contribution in [1.82, 2.24) is 14.9 Å². The average molecular weight is 179 g/mol. The summed E-state index contributed by atoms with van der Waals surface area (Å²) >= 11 is 0. The Morgan fingerprint density at radius 2 is 2.46 bits per heavy atom. The van der Waals surface area contributed by atoms with Crippen LogP contribution in [0, 0.1) is 5.92 Å². The number of nitrogens with one attached hydrogen (secondary N) is 1. The van der Waals surface area contributed by atoms with Crippen molar-refractivity contribution >= 4 is 0 Å². The van der Waals surface area contributed by atoms with Crippen LogP contribution in [-0.4, -0.2) is 22.6 Å². The van der Waals surface area contributed by atoms with Gasteiger partial charge in [0.2, 0.25) is 0 Å². The molecular weight excluding hydrogens is 166 g/mol. The topological polar surface area (TPSA) is 46.9 Å². The maximum atomic E-state index is 11.2. The molecule has 2 heterocycles. The maximum absolute atomic E-state index is 11.2. The van der Waals surface area contributed by atoms with Gasteiger partial charge in [-0.3, -0.25) is 4.57 Å². The largest absolute Gasteiger partial charge is 0.347 e. The minimum Gasteiger partial charge on any atom is -0.316 e. The first-order valence-electron chi connectivity index (χ1n) is 4.58. The van der Waals surface area contributed by atoms with E-state index >= 15 is 0 Å². The highest BCUT2D eigenvalue weighted by Gasteiger charge is 2.15. The van der Waals surface area contributed by atoms with E-state index in [1.165, 1.54) is 6.20 Å². The molecule has 1 saturated heterocycles. The predicted molar refractivity (Wildman–Crippen MR) is 49.5 cm³/mol. The molecule has 0 radical (unpaired) electrons. The predicted octanol–water partition coefficient (Wildman–Crippen LogP) is -0.147. The van der Waals surface area contributed by atoms with Gasteiger partial charge in [-0.05, 0) is 31.5 Å². The van der Waals surface area contributed by atoms with Crippen molar-refractivity contribution in [3.05, 3.63) is 28.9 Å². The van der Waals surface area contributed by atoms with Crippen molar-refractivity contribution in [3.63, 3.8) is 0 Å². The van der Waals surface area contributed by atoms with E-state index in [1.54, 1.807) is 16.8 Å². The number of hydrogen-bond donors (Lipinski definition) is 1. The summed E-state index contributed by atoms with van der Waals surface area (Å²) in [6, 6.07) is 1.79. The highest BCUT2D eigenvalue weighted by Crippen LogP contribution is 2.08. The number of aryl methyl sites for hydroxylation is 1. The van der Waals surface area contributed by atoms with Crippen LogP contribution in [0.25, 0.3) is 0 Å². The second-order valence-electron chi connectivity index (χ2n) is 3.41. The molecule has 4 nitrogen and oxygen atoms in total. The molecule has 1 fully saturated rings. The molecule has 4 heteroatoms. The molecule has 1 aromatic heterocycles. The fourth-order valence-electron chi connectivity index (χ4n) is 1.43. The first-order valence-corrected chi connectivity index (χ1v) is 4.58. The molecule has 13 heavy (non-hydrogen) atoms. The number of rotatable bonds is 3. The van der Waals surface area contributed by atoms with Crippen LogP contribution in [0.5, 0.6) is 0 Å². The Morgan fingerprint density at radius 3 is 3.08 bits per heavy atom. The van der Waals surface area contributed by atoms with Crippen molar-refractivity contribution in [2.75, 3.05) is 13.1 Å². The third-order valence-corrected chi connectivity index (χ3v) is 2.43. The van der Waals surface area contributed by atoms with E-state index in [9.17, 15) is 4.79 Å². The highest BCUT2D eigenvalue weighted by molar-refractivity contribution is 4.82. The monoisotopic (exact) mass is 179 g/mol. The SMILES string of the molecule is O=c1ncccn1CCC1CNC1. The molecule has 0 atom stereocenters. The van der Waals surface area contributed by atoms with Crippen molar-refractivity contribution in [2.45, 2.75) is 13.0 Å². The summed E-state index contributed by atoms with van der Waals surface area (Å²) in [5.74, 6) is 0.743. The molecule has 1 N–H and O–H groups in total. The lowest BCUT2D eigenvalue weighted by molar-refractivity contribution is 0.310. The van der Waals surface area contributed by atoms with E-state index in [-0.39, 0.29) is 5.69 Å². The van der Waals surface area contributed by atoms with E-state index in [0.29, 0.717) is 0 Å². The molecule has 0 aliphatic carbocycles. The van der Waals surface area contributed by atoms with E-state index in [4.69, 9.17) is 0 Å². The van der Waals surface area contributed by atoms with Gasteiger partial charge >= 0.3 is 5.69 Å². The average Bonchev–Trinajstić information content (AvgIpc) is 2.05. The molecular formula is C9H13N3O. The lowest BCUT2D eigenvalue weighted by Crippen LogP contribution is -2.42. The summed E-state index contributed by atoms with van der Waals surface area (Å²) in [6.45, 7) is 2.98. The van der Waals surface area contributed by atoms with Crippen molar-refractivity contribution in [1.29, 1.82) is 0 Å². The minimum atomic E-state index is -0.144. The second-order valence-corrected chi connectivity index (χ2v) is 3.41. The quantitative estimate of drug-likeness (QED) is 0.702. The van der Waals surface area contributed by atoms with Crippen LogP contribution in [0.15, 0.2) is 23.3 Å². The molecule has 2 rings (SSSR count). The van der Waals surface area contributed by atoms with Gasteiger partial charge < -0.3 is 5.32 Å². The number of aromatic nitrogens is 2. The smallest absolute Gasteiger partial charge is 0.316 e. The van der Waals surface area contributed by atoms with Gasteiger partial charge in [-0.25, -0.2) is 9.78 Å². The third-order valence-electron chi connectivity index (χ3n) is 2.43. The van der Waals surface area contributed by atoms with Crippen LogP contribution in [0.4, 0.5) is 0 Å². The second kappa shape index (κ2) is 3.70. The van der Waals surface area contributed by atoms with Crippen molar-refractivity contribution in [3.8, 4) is 0 Å². The Hall–Kier alpha value is -1.16. The lowest BCUT2D eigenvalue weighted by Gasteiger charge is -2.26. The van der Waals surface area contributed by atoms with Crippen molar-refractivity contribution < 1.29 is 0 Å². The van der Waals surface area contributed by atoms with Gasteiger partial charge in [0.1, 0.15) is 0 Å². The summed E-state index contributed by atoms with van der Waals surface area (Å²) in [5, 5.41) is 3.21. The summed E-state index contributed by atoms with van der Waals surface area (Å²) in [6.07, 6.45) is 4.39. The molecule has 0 amide bonds. The summed E-state index contributed by atoms with van der Waals surface area (Å²) in [5.41, 5.74) is -0.144. The van der Waals surface area contributed by atoms with Gasteiger partial charge in [-0.2, -0.15) is 0 Å². The van der Waals surface area contributed by atoms with Crippen molar-refractivity contribution in [2.24, 2.45) is 5.92 Å². The van der Waals surface area contributed by atoms with E-state index in [2.05, 4.69) is 10.3 Å². The van der Waals surface area contributed by atoms with E-state index in [1.807, 2.05) is 0 Å². The highest BCUT2D eigenvalue weighted by atomic mass is 16.1. The van der Waals surface area contributed by atoms with Crippen LogP contribution in [0.1, 0.15) is 6.42 Å². The van der Waals surface area contributed by atoms with Crippen LogP contribution >= 0.6 is 0 Å². The molecule has 1 aliphatic heterocycles. The van der Waals surface area contributed by atoms with E-state index in [0.717, 1.165) is 32.0 Å². The zero-order valence-electron chi connectivity index (χ0n) is 7.44. The molecule has 70 valence electrons. The minimum absolute atomic E-state index is 0.144. The van der Waals surface area contributed by atoms with Gasteiger partial charge in [0.05, 0.1) is 0 Å². The van der Waals surface area contributed by atoms with Gasteiger partial charge in [0.15, 0.2) is 0 Å². The van der Waals surface area contributed by atoms with Gasteiger partial charge in [0.25, 0.3) is 0 Å². The number of hydrogen-bond acceptors (Lipinski definition) is 3. The fraction of sp³-hybridized carbons (Fsp3) is 0.556. The Kier molecular flexibility index (Phi) is 2.40. The molecule has 0 unspecified atom stereocenters. The number of nitrogens with zero attached hydrogens (tertiary/aromatic N) is 2. The first-order chi connectivity index (χ1) is 6.36. The molecule has 0 saturated carbocycles. The Morgan fingerprint density at radius 1 is 1.62 bits per heavy atom. The lowest BCUT2D eigenvalue weighted by atomic mass is 10.00. The van der Waals surface area contributed by atoms with Gasteiger partial charge in [-0.15, -0.1) is 0 Å². The van der Waals surface area contributed by atoms with Gasteiger partial charge in [0, 0.05) is 18.9 Å². The van der Waals surface area contributed by atoms with Crippen LogP contribution in [0.2, 0.25) is 0 Å². The third kappa shape index (κ3) is 1.95. The maximum Gasteiger partial charge on any atom is 0.347 e. The Bertz CT molecular complexity index is 330. The molecule has 1 aliphatic rings.